The molecule has 1 aromatic rings. The summed E-state index contributed by atoms with van der Waals surface area (Å²) in [4.78, 5) is 0. The van der Waals surface area contributed by atoms with E-state index in [-0.39, 0.29) is 5.82 Å². The van der Waals surface area contributed by atoms with Crippen molar-refractivity contribution in [1.82, 2.24) is 5.32 Å². The Morgan fingerprint density at radius 3 is 2.61 bits per heavy atom. The maximum atomic E-state index is 13.2. The molecular weight excluding hydrogens is 225 g/mol. The van der Waals surface area contributed by atoms with E-state index in [9.17, 15) is 4.39 Å². The summed E-state index contributed by atoms with van der Waals surface area (Å²) in [7, 11) is 2.01. The van der Waals surface area contributed by atoms with Gasteiger partial charge in [0.05, 0.1) is 0 Å². The Bertz CT molecular complexity index is 383. The average Bonchev–Trinajstić information content (AvgIpc) is 2.38. The second-order valence-corrected chi connectivity index (χ2v) is 5.58. The van der Waals surface area contributed by atoms with E-state index < -0.39 is 0 Å². The van der Waals surface area contributed by atoms with Crippen LogP contribution in [-0.2, 0) is 0 Å². The molecule has 0 spiro atoms. The van der Waals surface area contributed by atoms with Crippen molar-refractivity contribution in [2.45, 2.75) is 51.5 Å². The minimum Gasteiger partial charge on any atom is -0.313 e. The fourth-order valence-electron chi connectivity index (χ4n) is 3.19. The molecule has 1 unspecified atom stereocenters. The van der Waals surface area contributed by atoms with Gasteiger partial charge >= 0.3 is 0 Å². The maximum absolute atomic E-state index is 13.2. The van der Waals surface area contributed by atoms with Crippen LogP contribution in [0.1, 0.15) is 55.7 Å². The smallest absolute Gasteiger partial charge is 0.123 e. The molecule has 1 aliphatic rings. The number of hydrogen-bond donors (Lipinski definition) is 1. The van der Waals surface area contributed by atoms with E-state index >= 15 is 0 Å². The highest BCUT2D eigenvalue weighted by Gasteiger charge is 2.20. The van der Waals surface area contributed by atoms with Crippen LogP contribution in [0.2, 0.25) is 0 Å². The minimum absolute atomic E-state index is 0.135. The van der Waals surface area contributed by atoms with E-state index in [0.29, 0.717) is 6.04 Å². The molecule has 0 aromatic heterocycles. The summed E-state index contributed by atoms with van der Waals surface area (Å²) >= 11 is 0. The Hall–Kier alpha value is -0.890. The van der Waals surface area contributed by atoms with Crippen molar-refractivity contribution >= 4 is 0 Å². The lowest BCUT2D eigenvalue weighted by Gasteiger charge is -2.27. The van der Waals surface area contributed by atoms with Gasteiger partial charge in [-0.2, -0.15) is 0 Å². The Kier molecular flexibility index (Phi) is 4.76. The summed E-state index contributed by atoms with van der Waals surface area (Å²) in [5.74, 6) is 0.699. The van der Waals surface area contributed by atoms with Crippen LogP contribution < -0.4 is 5.32 Å². The number of benzene rings is 1. The molecule has 1 saturated carbocycles. The Labute approximate surface area is 110 Å². The third-order valence-electron chi connectivity index (χ3n) is 4.25. The molecular formula is C16H24FN. The predicted molar refractivity (Wildman–Crippen MR) is 74.1 cm³/mol. The highest BCUT2D eigenvalue weighted by molar-refractivity contribution is 5.29. The van der Waals surface area contributed by atoms with Crippen LogP contribution in [0.25, 0.3) is 0 Å². The zero-order valence-corrected chi connectivity index (χ0v) is 11.5. The summed E-state index contributed by atoms with van der Waals surface area (Å²) in [6, 6.07) is 5.52. The summed E-state index contributed by atoms with van der Waals surface area (Å²) < 4.78 is 13.2. The van der Waals surface area contributed by atoms with Gasteiger partial charge in [-0.05, 0) is 49.6 Å². The van der Waals surface area contributed by atoms with Crippen LogP contribution in [0.15, 0.2) is 18.2 Å². The molecule has 2 rings (SSSR count). The van der Waals surface area contributed by atoms with Crippen molar-refractivity contribution in [3.63, 3.8) is 0 Å². The summed E-state index contributed by atoms with van der Waals surface area (Å²) in [6.07, 6.45) is 8.06. The molecule has 1 aromatic carbocycles. The lowest BCUT2D eigenvalue weighted by molar-refractivity contribution is 0.305. The zero-order valence-electron chi connectivity index (χ0n) is 11.5. The van der Waals surface area contributed by atoms with E-state index in [1.54, 1.807) is 12.1 Å². The van der Waals surface area contributed by atoms with Gasteiger partial charge in [0.25, 0.3) is 0 Å². The topological polar surface area (TPSA) is 12.0 Å². The van der Waals surface area contributed by atoms with Gasteiger partial charge in [-0.15, -0.1) is 0 Å². The highest BCUT2D eigenvalue weighted by Crippen LogP contribution is 2.32. The van der Waals surface area contributed by atoms with E-state index in [2.05, 4.69) is 5.32 Å². The summed E-state index contributed by atoms with van der Waals surface area (Å²) in [5.41, 5.74) is 2.31. The van der Waals surface area contributed by atoms with Crippen LogP contribution >= 0.6 is 0 Å². The molecule has 1 nitrogen and oxygen atoms in total. The quantitative estimate of drug-likeness (QED) is 0.835. The fraction of sp³-hybridized carbons (Fsp3) is 0.625. The van der Waals surface area contributed by atoms with Crippen LogP contribution in [0.5, 0.6) is 0 Å². The first-order valence-electron chi connectivity index (χ1n) is 7.14. The van der Waals surface area contributed by atoms with Crippen LogP contribution in [0.4, 0.5) is 4.39 Å². The molecule has 2 heteroatoms. The van der Waals surface area contributed by atoms with Crippen LogP contribution in [0.3, 0.4) is 0 Å². The molecule has 0 saturated heterocycles. The first-order valence-corrected chi connectivity index (χ1v) is 7.14. The average molecular weight is 249 g/mol. The van der Waals surface area contributed by atoms with Crippen LogP contribution in [-0.4, -0.2) is 7.05 Å². The Morgan fingerprint density at radius 1 is 1.28 bits per heavy atom. The molecule has 0 amide bonds. The second-order valence-electron chi connectivity index (χ2n) is 5.58. The normalized spacial score (nSPS) is 18.8. The predicted octanol–water partition coefficient (Wildman–Crippen LogP) is 4.37. The number of rotatable bonds is 4. The van der Waals surface area contributed by atoms with Gasteiger partial charge in [0.2, 0.25) is 0 Å². The molecule has 1 atom stereocenters. The first kappa shape index (κ1) is 13.5. The molecule has 0 aliphatic heterocycles. The standard InChI is InChI=1S/C16H24FN/c1-12-10-14(17)8-9-15(12)16(18-2)11-13-6-4-3-5-7-13/h8-10,13,16,18H,3-7,11H2,1-2H3. The third kappa shape index (κ3) is 3.32. The largest absolute Gasteiger partial charge is 0.313 e. The molecule has 1 aliphatic carbocycles. The van der Waals surface area contributed by atoms with Gasteiger partial charge in [0.15, 0.2) is 0 Å². The lowest BCUT2D eigenvalue weighted by atomic mass is 9.83. The van der Waals surface area contributed by atoms with Crippen molar-refractivity contribution < 1.29 is 4.39 Å². The monoisotopic (exact) mass is 249 g/mol. The number of halogens is 1. The first-order chi connectivity index (χ1) is 8.70. The molecule has 0 radical (unpaired) electrons. The van der Waals surface area contributed by atoms with E-state index in [1.165, 1.54) is 44.1 Å². The van der Waals surface area contributed by atoms with Crippen molar-refractivity contribution in [3.8, 4) is 0 Å². The Balaban J connectivity index is 2.07. The summed E-state index contributed by atoms with van der Waals surface area (Å²) in [5, 5.41) is 3.40. The summed E-state index contributed by atoms with van der Waals surface area (Å²) in [6.45, 7) is 2.00. The van der Waals surface area contributed by atoms with Gasteiger partial charge in [-0.25, -0.2) is 4.39 Å². The molecule has 1 N–H and O–H groups in total. The molecule has 100 valence electrons. The van der Waals surface area contributed by atoms with Crippen molar-refractivity contribution in [2.24, 2.45) is 5.92 Å². The number of aryl methyl sites for hydroxylation is 1. The molecule has 1 fully saturated rings. The van der Waals surface area contributed by atoms with E-state index in [4.69, 9.17) is 0 Å². The van der Waals surface area contributed by atoms with Gasteiger partial charge in [0.1, 0.15) is 5.82 Å². The van der Waals surface area contributed by atoms with Crippen molar-refractivity contribution in [1.29, 1.82) is 0 Å². The molecule has 18 heavy (non-hydrogen) atoms. The van der Waals surface area contributed by atoms with Crippen molar-refractivity contribution in [2.75, 3.05) is 7.05 Å². The van der Waals surface area contributed by atoms with E-state index in [0.717, 1.165) is 11.5 Å². The molecule has 0 bridgehead atoms. The van der Waals surface area contributed by atoms with Gasteiger partial charge in [0, 0.05) is 6.04 Å². The maximum Gasteiger partial charge on any atom is 0.123 e. The molecule has 0 heterocycles. The highest BCUT2D eigenvalue weighted by atomic mass is 19.1. The second kappa shape index (κ2) is 6.33. The van der Waals surface area contributed by atoms with Gasteiger partial charge in [-0.3, -0.25) is 0 Å². The van der Waals surface area contributed by atoms with Gasteiger partial charge < -0.3 is 5.32 Å². The van der Waals surface area contributed by atoms with E-state index in [1.807, 2.05) is 20.0 Å². The Morgan fingerprint density at radius 2 is 2.00 bits per heavy atom. The zero-order chi connectivity index (χ0) is 13.0. The number of hydrogen-bond acceptors (Lipinski definition) is 1. The SMILES string of the molecule is CNC(CC1CCCCC1)c1ccc(F)cc1C. The van der Waals surface area contributed by atoms with Crippen LogP contribution in [0, 0.1) is 18.7 Å². The minimum atomic E-state index is -0.135. The number of nitrogens with one attached hydrogen (secondary N) is 1. The van der Waals surface area contributed by atoms with Crippen molar-refractivity contribution in [3.05, 3.63) is 35.1 Å². The van der Waals surface area contributed by atoms with Gasteiger partial charge in [-0.1, -0.05) is 38.2 Å². The third-order valence-corrected chi connectivity index (χ3v) is 4.25. The fourth-order valence-corrected chi connectivity index (χ4v) is 3.19. The lowest BCUT2D eigenvalue weighted by Crippen LogP contribution is -2.22.